The molecule has 2 unspecified atom stereocenters. The lowest BCUT2D eigenvalue weighted by Crippen LogP contribution is -2.44. The molecule has 2 atom stereocenters. The molecule has 0 saturated carbocycles. The van der Waals surface area contributed by atoms with E-state index in [-0.39, 0.29) is 11.8 Å². The molecule has 1 aliphatic carbocycles. The highest BCUT2D eigenvalue weighted by molar-refractivity contribution is 5.97. The molecule has 152 valence electrons. The van der Waals surface area contributed by atoms with Gasteiger partial charge in [-0.3, -0.25) is 9.59 Å². The summed E-state index contributed by atoms with van der Waals surface area (Å²) in [5.74, 6) is 0.160. The molecule has 28 heavy (non-hydrogen) atoms. The van der Waals surface area contributed by atoms with E-state index in [1.165, 1.54) is 12.8 Å². The van der Waals surface area contributed by atoms with Crippen LogP contribution in [0.15, 0.2) is 36.4 Å². The lowest BCUT2D eigenvalue weighted by atomic mass is 10.0. The fourth-order valence-corrected chi connectivity index (χ4v) is 4.02. The molecule has 2 aliphatic rings. The first-order valence-corrected chi connectivity index (χ1v) is 10.8. The number of amides is 2. The smallest absolute Gasteiger partial charge is 0.246 e. The Morgan fingerprint density at radius 3 is 2.79 bits per heavy atom. The maximum Gasteiger partial charge on any atom is 0.246 e. The van der Waals surface area contributed by atoms with Crippen molar-refractivity contribution in [1.82, 2.24) is 5.32 Å². The molecule has 0 spiro atoms. The van der Waals surface area contributed by atoms with Crippen LogP contribution >= 0.6 is 0 Å². The van der Waals surface area contributed by atoms with Crippen molar-refractivity contribution in [3.63, 3.8) is 0 Å². The van der Waals surface area contributed by atoms with Gasteiger partial charge >= 0.3 is 0 Å². The summed E-state index contributed by atoms with van der Waals surface area (Å²) in [5, 5.41) is 5.99. The first kappa shape index (κ1) is 20.4. The second-order valence-electron chi connectivity index (χ2n) is 7.97. The highest BCUT2D eigenvalue weighted by atomic mass is 16.2. The summed E-state index contributed by atoms with van der Waals surface area (Å²) >= 11 is 0. The second-order valence-corrected chi connectivity index (χ2v) is 7.97. The molecule has 5 nitrogen and oxygen atoms in total. The van der Waals surface area contributed by atoms with Gasteiger partial charge in [-0.15, -0.1) is 0 Å². The Hall–Kier alpha value is -2.30. The minimum absolute atomic E-state index is 0.0291. The molecule has 1 heterocycles. The topological polar surface area (TPSA) is 61.4 Å². The Bertz CT molecular complexity index is 695. The van der Waals surface area contributed by atoms with E-state index in [9.17, 15) is 9.59 Å². The van der Waals surface area contributed by atoms with Crippen LogP contribution in [0.1, 0.15) is 58.3 Å². The fourth-order valence-electron chi connectivity index (χ4n) is 4.02. The normalized spacial score (nSPS) is 19.6. The summed E-state index contributed by atoms with van der Waals surface area (Å²) in [5.41, 5.74) is 1.95. The van der Waals surface area contributed by atoms with Crippen LogP contribution in [-0.4, -0.2) is 30.9 Å². The van der Waals surface area contributed by atoms with E-state index in [0.29, 0.717) is 18.8 Å². The summed E-state index contributed by atoms with van der Waals surface area (Å²) in [6.07, 6.45) is 11.8. The van der Waals surface area contributed by atoms with Crippen molar-refractivity contribution in [2.75, 3.05) is 23.3 Å². The van der Waals surface area contributed by atoms with Crippen LogP contribution < -0.4 is 15.5 Å². The van der Waals surface area contributed by atoms with Crippen LogP contribution in [0.3, 0.4) is 0 Å². The van der Waals surface area contributed by atoms with E-state index in [1.807, 2.05) is 18.2 Å². The average molecular weight is 384 g/mol. The molecule has 5 heteroatoms. The summed E-state index contributed by atoms with van der Waals surface area (Å²) in [6.45, 7) is 4.24. The van der Waals surface area contributed by atoms with Gasteiger partial charge in [0.15, 0.2) is 0 Å². The Morgan fingerprint density at radius 1 is 1.25 bits per heavy atom. The number of unbranched alkanes of at least 4 members (excludes halogenated alkanes) is 1. The van der Waals surface area contributed by atoms with Crippen molar-refractivity contribution in [3.8, 4) is 0 Å². The van der Waals surface area contributed by atoms with Crippen LogP contribution in [0.4, 0.5) is 11.4 Å². The second kappa shape index (κ2) is 10.3. The van der Waals surface area contributed by atoms with Crippen LogP contribution in [0.25, 0.3) is 0 Å². The minimum atomic E-state index is -0.478. The molecule has 1 aliphatic heterocycles. The quantitative estimate of drug-likeness (QED) is 0.627. The zero-order valence-corrected chi connectivity index (χ0v) is 17.0. The lowest BCUT2D eigenvalue weighted by molar-refractivity contribution is -0.127. The van der Waals surface area contributed by atoms with Crippen molar-refractivity contribution < 1.29 is 9.59 Å². The summed E-state index contributed by atoms with van der Waals surface area (Å²) in [4.78, 5) is 27.6. The zero-order valence-electron chi connectivity index (χ0n) is 17.0. The van der Waals surface area contributed by atoms with E-state index in [0.717, 1.165) is 50.1 Å². The van der Waals surface area contributed by atoms with Gasteiger partial charge in [0.1, 0.15) is 6.04 Å². The third kappa shape index (κ3) is 5.85. The van der Waals surface area contributed by atoms with Gasteiger partial charge in [0.25, 0.3) is 0 Å². The number of anilines is 2. The Labute approximate surface area is 168 Å². The first-order chi connectivity index (χ1) is 13.7. The number of nitrogens with one attached hydrogen (secondary N) is 2. The van der Waals surface area contributed by atoms with E-state index in [1.54, 1.807) is 0 Å². The molecule has 3 rings (SSSR count). The van der Waals surface area contributed by atoms with Crippen molar-refractivity contribution in [1.29, 1.82) is 0 Å². The molecule has 0 radical (unpaired) electrons. The van der Waals surface area contributed by atoms with Crippen molar-refractivity contribution in [3.05, 3.63) is 36.4 Å². The Morgan fingerprint density at radius 2 is 2.07 bits per heavy atom. The maximum absolute atomic E-state index is 12.9. The van der Waals surface area contributed by atoms with Gasteiger partial charge in [-0.05, 0) is 56.2 Å². The number of hydrogen-bond acceptors (Lipinski definition) is 3. The van der Waals surface area contributed by atoms with Gasteiger partial charge in [0, 0.05) is 30.9 Å². The van der Waals surface area contributed by atoms with Gasteiger partial charge in [0.2, 0.25) is 11.8 Å². The van der Waals surface area contributed by atoms with Crippen molar-refractivity contribution >= 4 is 23.2 Å². The third-order valence-corrected chi connectivity index (χ3v) is 5.64. The summed E-state index contributed by atoms with van der Waals surface area (Å²) < 4.78 is 0. The van der Waals surface area contributed by atoms with Gasteiger partial charge in [-0.1, -0.05) is 38.0 Å². The summed E-state index contributed by atoms with van der Waals surface area (Å²) in [6, 6.07) is 7.54. The van der Waals surface area contributed by atoms with Crippen molar-refractivity contribution in [2.24, 2.45) is 5.92 Å². The first-order valence-electron chi connectivity index (χ1n) is 10.8. The SMILES string of the molecule is CCCCC(NC(=O)CC1C=CCC1)C(=O)Nc1cccc(N2CCCC2)c1. The molecule has 1 aromatic carbocycles. The monoisotopic (exact) mass is 383 g/mol. The summed E-state index contributed by atoms with van der Waals surface area (Å²) in [7, 11) is 0. The number of rotatable bonds is 9. The highest BCUT2D eigenvalue weighted by Gasteiger charge is 2.23. The number of carbonyl (C=O) groups is 2. The number of benzene rings is 1. The number of nitrogens with zero attached hydrogens (tertiary/aromatic N) is 1. The largest absolute Gasteiger partial charge is 0.371 e. The van der Waals surface area contributed by atoms with Crippen molar-refractivity contribution in [2.45, 2.75) is 64.3 Å². The van der Waals surface area contributed by atoms with Gasteiger partial charge < -0.3 is 15.5 Å². The van der Waals surface area contributed by atoms with Gasteiger partial charge in [-0.25, -0.2) is 0 Å². The Kier molecular flexibility index (Phi) is 7.52. The van der Waals surface area contributed by atoms with Crippen LogP contribution in [0.5, 0.6) is 0 Å². The van der Waals surface area contributed by atoms with Gasteiger partial charge in [0.05, 0.1) is 0 Å². The molecular formula is C23H33N3O2. The average Bonchev–Trinajstić information content (AvgIpc) is 3.39. The lowest BCUT2D eigenvalue weighted by Gasteiger charge is -2.21. The standard InChI is InChI=1S/C23H33N3O2/c1-2-3-13-21(25-22(27)16-18-9-4-5-10-18)23(28)24-19-11-8-12-20(17-19)26-14-6-7-15-26/h4,8-9,11-12,17-18,21H,2-3,5-7,10,13-16H2,1H3,(H,24,28)(H,25,27). The van der Waals surface area contributed by atoms with E-state index < -0.39 is 6.04 Å². The van der Waals surface area contributed by atoms with Crippen LogP contribution in [-0.2, 0) is 9.59 Å². The number of allylic oxidation sites excluding steroid dienone is 2. The van der Waals surface area contributed by atoms with E-state index >= 15 is 0 Å². The van der Waals surface area contributed by atoms with Crippen LogP contribution in [0.2, 0.25) is 0 Å². The molecule has 2 N–H and O–H groups in total. The molecule has 2 amide bonds. The number of carbonyl (C=O) groups excluding carboxylic acids is 2. The minimum Gasteiger partial charge on any atom is -0.371 e. The third-order valence-electron chi connectivity index (χ3n) is 5.64. The zero-order chi connectivity index (χ0) is 19.8. The maximum atomic E-state index is 12.9. The molecular weight excluding hydrogens is 350 g/mol. The predicted molar refractivity (Wildman–Crippen MR) is 114 cm³/mol. The number of hydrogen-bond donors (Lipinski definition) is 2. The van der Waals surface area contributed by atoms with E-state index in [2.05, 4.69) is 40.7 Å². The molecule has 1 aromatic rings. The molecule has 1 saturated heterocycles. The van der Waals surface area contributed by atoms with Crippen LogP contribution in [0, 0.1) is 5.92 Å². The highest BCUT2D eigenvalue weighted by Crippen LogP contribution is 2.24. The molecule has 0 aromatic heterocycles. The fraction of sp³-hybridized carbons (Fsp3) is 0.565. The molecule has 1 fully saturated rings. The molecule has 0 bridgehead atoms. The Balaban J connectivity index is 1.59. The van der Waals surface area contributed by atoms with E-state index in [4.69, 9.17) is 0 Å². The predicted octanol–water partition coefficient (Wildman–Crippen LogP) is 4.26. The van der Waals surface area contributed by atoms with Gasteiger partial charge in [-0.2, -0.15) is 0 Å².